The first-order chi connectivity index (χ1) is 11.7. The second-order valence-corrected chi connectivity index (χ2v) is 5.58. The number of hydrogen-bond donors (Lipinski definition) is 1. The highest BCUT2D eigenvalue weighted by Crippen LogP contribution is 2.27. The van der Waals surface area contributed by atoms with Crippen LogP contribution in [0.4, 0.5) is 11.5 Å². The number of pyridine rings is 1. The Morgan fingerprint density at radius 2 is 1.79 bits per heavy atom. The lowest BCUT2D eigenvalue weighted by atomic mass is 10.2. The van der Waals surface area contributed by atoms with Gasteiger partial charge in [-0.2, -0.15) is 5.10 Å². The number of fused-ring (bicyclic) bond motifs is 1. The molecule has 0 spiro atoms. The van der Waals surface area contributed by atoms with Gasteiger partial charge >= 0.3 is 0 Å². The van der Waals surface area contributed by atoms with Crippen molar-refractivity contribution in [3.05, 3.63) is 60.6 Å². The lowest BCUT2D eigenvalue weighted by molar-refractivity contribution is 0.786. The zero-order valence-corrected chi connectivity index (χ0v) is 13.4. The SMILES string of the molecule is Cc1ccccc1Nc1nc(-c2ccncc2)nc2c1cnn2C. The molecule has 1 aromatic carbocycles. The van der Waals surface area contributed by atoms with E-state index in [9.17, 15) is 0 Å². The Bertz CT molecular complexity index is 1010. The van der Waals surface area contributed by atoms with E-state index in [-0.39, 0.29) is 0 Å². The number of rotatable bonds is 3. The molecule has 0 atom stereocenters. The highest BCUT2D eigenvalue weighted by molar-refractivity contribution is 5.90. The van der Waals surface area contributed by atoms with Crippen LogP contribution in [0.2, 0.25) is 0 Å². The van der Waals surface area contributed by atoms with Crippen molar-refractivity contribution in [3.63, 3.8) is 0 Å². The van der Waals surface area contributed by atoms with Crippen molar-refractivity contribution in [1.29, 1.82) is 0 Å². The highest BCUT2D eigenvalue weighted by atomic mass is 15.3. The Morgan fingerprint density at radius 3 is 2.58 bits per heavy atom. The standard InChI is InChI=1S/C18H16N6/c1-12-5-3-4-6-15(12)21-17-14-11-20-24(2)18(14)23-16(22-17)13-7-9-19-10-8-13/h3-11H,1-2H3,(H,21,22,23). The van der Waals surface area contributed by atoms with E-state index in [1.165, 1.54) is 0 Å². The molecule has 0 fully saturated rings. The van der Waals surface area contributed by atoms with Crippen LogP contribution in [0.25, 0.3) is 22.4 Å². The molecule has 0 saturated carbocycles. The first-order valence-corrected chi connectivity index (χ1v) is 7.65. The normalized spacial score (nSPS) is 10.9. The molecule has 24 heavy (non-hydrogen) atoms. The summed E-state index contributed by atoms with van der Waals surface area (Å²) in [7, 11) is 1.88. The van der Waals surface area contributed by atoms with Crippen LogP contribution in [0.3, 0.4) is 0 Å². The van der Waals surface area contributed by atoms with E-state index in [1.54, 1.807) is 23.3 Å². The maximum absolute atomic E-state index is 4.72. The summed E-state index contributed by atoms with van der Waals surface area (Å²) >= 11 is 0. The van der Waals surface area contributed by atoms with Gasteiger partial charge in [0.05, 0.1) is 11.6 Å². The van der Waals surface area contributed by atoms with Crippen LogP contribution in [0.15, 0.2) is 55.0 Å². The summed E-state index contributed by atoms with van der Waals surface area (Å²) in [5.74, 6) is 1.39. The van der Waals surface area contributed by atoms with Crippen molar-refractivity contribution in [2.75, 3.05) is 5.32 Å². The van der Waals surface area contributed by atoms with Gasteiger partial charge in [0.25, 0.3) is 0 Å². The monoisotopic (exact) mass is 316 g/mol. The molecule has 0 aliphatic carbocycles. The topological polar surface area (TPSA) is 68.5 Å². The van der Waals surface area contributed by atoms with Gasteiger partial charge < -0.3 is 5.32 Å². The third-order valence-corrected chi connectivity index (χ3v) is 3.93. The number of hydrogen-bond acceptors (Lipinski definition) is 5. The summed E-state index contributed by atoms with van der Waals surface area (Å²) in [6.45, 7) is 2.06. The number of anilines is 2. The minimum Gasteiger partial charge on any atom is -0.339 e. The zero-order valence-electron chi connectivity index (χ0n) is 13.4. The van der Waals surface area contributed by atoms with Crippen molar-refractivity contribution in [3.8, 4) is 11.4 Å². The average molecular weight is 316 g/mol. The smallest absolute Gasteiger partial charge is 0.164 e. The molecule has 0 saturated heterocycles. The number of benzene rings is 1. The number of nitrogens with one attached hydrogen (secondary N) is 1. The zero-order chi connectivity index (χ0) is 16.5. The van der Waals surface area contributed by atoms with E-state index in [2.05, 4.69) is 33.4 Å². The molecule has 0 radical (unpaired) electrons. The minimum absolute atomic E-state index is 0.643. The second kappa shape index (κ2) is 5.73. The van der Waals surface area contributed by atoms with Gasteiger partial charge in [0.15, 0.2) is 11.5 Å². The Hall–Kier alpha value is -3.28. The molecule has 118 valence electrons. The van der Waals surface area contributed by atoms with Gasteiger partial charge in [-0.15, -0.1) is 0 Å². The van der Waals surface area contributed by atoms with Crippen LogP contribution in [-0.2, 0) is 7.05 Å². The van der Waals surface area contributed by atoms with E-state index >= 15 is 0 Å². The third kappa shape index (κ3) is 2.48. The fraction of sp³-hybridized carbons (Fsp3) is 0.111. The largest absolute Gasteiger partial charge is 0.339 e. The summed E-state index contributed by atoms with van der Waals surface area (Å²) in [4.78, 5) is 13.4. The van der Waals surface area contributed by atoms with Crippen LogP contribution >= 0.6 is 0 Å². The number of nitrogens with zero attached hydrogens (tertiary/aromatic N) is 5. The van der Waals surface area contributed by atoms with Crippen molar-refractivity contribution >= 4 is 22.5 Å². The van der Waals surface area contributed by atoms with Crippen LogP contribution in [-0.4, -0.2) is 24.7 Å². The molecule has 4 rings (SSSR count). The van der Waals surface area contributed by atoms with Gasteiger partial charge in [-0.05, 0) is 30.7 Å². The fourth-order valence-electron chi connectivity index (χ4n) is 2.59. The molecule has 6 nitrogen and oxygen atoms in total. The molecule has 1 N–H and O–H groups in total. The highest BCUT2D eigenvalue weighted by Gasteiger charge is 2.13. The Balaban J connectivity index is 1.89. The quantitative estimate of drug-likeness (QED) is 0.627. The predicted octanol–water partition coefficient (Wildman–Crippen LogP) is 3.48. The lowest BCUT2D eigenvalue weighted by Gasteiger charge is -2.11. The van der Waals surface area contributed by atoms with Gasteiger partial charge in [0, 0.05) is 30.7 Å². The first kappa shape index (κ1) is 14.3. The third-order valence-electron chi connectivity index (χ3n) is 3.93. The van der Waals surface area contributed by atoms with Gasteiger partial charge in [-0.25, -0.2) is 9.97 Å². The first-order valence-electron chi connectivity index (χ1n) is 7.65. The maximum atomic E-state index is 4.72. The van der Waals surface area contributed by atoms with Crippen LogP contribution in [0, 0.1) is 6.92 Å². The van der Waals surface area contributed by atoms with E-state index in [0.717, 1.165) is 33.7 Å². The Morgan fingerprint density at radius 1 is 1.00 bits per heavy atom. The molecule has 0 bridgehead atoms. The molecule has 6 heteroatoms. The van der Waals surface area contributed by atoms with Crippen molar-refractivity contribution in [2.24, 2.45) is 7.05 Å². The Kier molecular flexibility index (Phi) is 3.42. The predicted molar refractivity (Wildman–Crippen MR) is 94.0 cm³/mol. The molecule has 0 aliphatic rings. The van der Waals surface area contributed by atoms with Gasteiger partial charge in [-0.3, -0.25) is 9.67 Å². The summed E-state index contributed by atoms with van der Waals surface area (Å²) in [5, 5.41) is 8.62. The van der Waals surface area contributed by atoms with Crippen LogP contribution in [0.1, 0.15) is 5.56 Å². The molecular weight excluding hydrogens is 300 g/mol. The molecule has 0 aliphatic heterocycles. The maximum Gasteiger partial charge on any atom is 0.164 e. The molecule has 4 aromatic rings. The van der Waals surface area contributed by atoms with Crippen LogP contribution in [0.5, 0.6) is 0 Å². The minimum atomic E-state index is 0.643. The molecule has 3 aromatic heterocycles. The fourth-order valence-corrected chi connectivity index (χ4v) is 2.59. The molecular formula is C18H16N6. The summed E-state index contributed by atoms with van der Waals surface area (Å²) in [6.07, 6.45) is 5.26. The number of aryl methyl sites for hydroxylation is 2. The molecule has 0 unspecified atom stereocenters. The second-order valence-electron chi connectivity index (χ2n) is 5.58. The van der Waals surface area contributed by atoms with Crippen molar-refractivity contribution in [1.82, 2.24) is 24.7 Å². The van der Waals surface area contributed by atoms with Gasteiger partial charge in [-0.1, -0.05) is 18.2 Å². The summed E-state index contributed by atoms with van der Waals surface area (Å²) in [5.41, 5.74) is 3.87. The van der Waals surface area contributed by atoms with E-state index in [4.69, 9.17) is 4.98 Å². The number of aromatic nitrogens is 5. The van der Waals surface area contributed by atoms with Crippen LogP contribution < -0.4 is 5.32 Å². The Labute approximate surface area is 139 Å². The van der Waals surface area contributed by atoms with Gasteiger partial charge in [0.2, 0.25) is 0 Å². The van der Waals surface area contributed by atoms with E-state index < -0.39 is 0 Å². The number of para-hydroxylation sites is 1. The van der Waals surface area contributed by atoms with E-state index in [1.807, 2.05) is 37.4 Å². The summed E-state index contributed by atoms with van der Waals surface area (Å²) < 4.78 is 1.75. The van der Waals surface area contributed by atoms with E-state index in [0.29, 0.717) is 5.82 Å². The summed E-state index contributed by atoms with van der Waals surface area (Å²) in [6, 6.07) is 11.9. The average Bonchev–Trinajstić information content (AvgIpc) is 2.99. The van der Waals surface area contributed by atoms with Crippen molar-refractivity contribution < 1.29 is 0 Å². The molecule has 3 heterocycles. The van der Waals surface area contributed by atoms with Crippen molar-refractivity contribution in [2.45, 2.75) is 6.92 Å². The van der Waals surface area contributed by atoms with Gasteiger partial charge in [0.1, 0.15) is 5.82 Å². The molecule has 0 amide bonds. The lowest BCUT2D eigenvalue weighted by Crippen LogP contribution is -2.01.